The van der Waals surface area contributed by atoms with Crippen LogP contribution in [-0.2, 0) is 11.2 Å². The number of ether oxygens (including phenoxy) is 1. The Morgan fingerprint density at radius 1 is 1.24 bits per heavy atom. The molecule has 2 atom stereocenters. The zero-order valence-electron chi connectivity index (χ0n) is 11.4. The highest BCUT2D eigenvalue weighted by atomic mass is 79.9. The summed E-state index contributed by atoms with van der Waals surface area (Å²) in [6, 6.07) is 12.8. The lowest BCUT2D eigenvalue weighted by Crippen LogP contribution is -2.36. The largest absolute Gasteiger partial charge is 0.371 e. The Bertz CT molecular complexity index is 650. The fraction of sp³-hybridized carbons (Fsp3) is 0.250. The Hall–Kier alpha value is -1.27. The summed E-state index contributed by atoms with van der Waals surface area (Å²) in [6.45, 7) is 0.607. The maximum Gasteiger partial charge on any atom is 0.142 e. The van der Waals surface area contributed by atoms with Crippen LogP contribution in [0.4, 0.5) is 4.39 Å². The second kappa shape index (κ2) is 6.23. The molecular weight excluding hydrogens is 335 g/mol. The van der Waals surface area contributed by atoms with E-state index in [0.717, 1.165) is 12.0 Å². The highest BCUT2D eigenvalue weighted by molar-refractivity contribution is 9.10. The average molecular weight is 351 g/mol. The lowest BCUT2D eigenvalue weighted by Gasteiger charge is -2.32. The highest BCUT2D eigenvalue weighted by Gasteiger charge is 2.31. The van der Waals surface area contributed by atoms with Crippen molar-refractivity contribution in [2.24, 2.45) is 5.84 Å². The molecule has 3 nitrogen and oxygen atoms in total. The second-order valence-corrected chi connectivity index (χ2v) is 5.88. The van der Waals surface area contributed by atoms with Crippen LogP contribution in [0.1, 0.15) is 28.8 Å². The van der Waals surface area contributed by atoms with E-state index in [2.05, 4.69) is 27.4 Å². The van der Waals surface area contributed by atoms with Crippen molar-refractivity contribution >= 4 is 15.9 Å². The van der Waals surface area contributed by atoms with Crippen molar-refractivity contribution in [3.8, 4) is 0 Å². The summed E-state index contributed by atoms with van der Waals surface area (Å²) < 4.78 is 20.7. The van der Waals surface area contributed by atoms with Crippen LogP contribution in [0.3, 0.4) is 0 Å². The summed E-state index contributed by atoms with van der Waals surface area (Å²) in [5, 5.41) is 0. The minimum atomic E-state index is -0.441. The zero-order chi connectivity index (χ0) is 14.8. The average Bonchev–Trinajstić information content (AvgIpc) is 2.52. The molecule has 1 heterocycles. The summed E-state index contributed by atoms with van der Waals surface area (Å²) in [7, 11) is 0. The predicted molar refractivity (Wildman–Crippen MR) is 83.0 cm³/mol. The van der Waals surface area contributed by atoms with Gasteiger partial charge >= 0.3 is 0 Å². The molecule has 0 spiro atoms. The van der Waals surface area contributed by atoms with Crippen molar-refractivity contribution in [3.63, 3.8) is 0 Å². The van der Waals surface area contributed by atoms with E-state index in [1.54, 1.807) is 18.2 Å². The first-order valence-electron chi connectivity index (χ1n) is 6.82. The fourth-order valence-electron chi connectivity index (χ4n) is 2.80. The maximum atomic E-state index is 14.4. The van der Waals surface area contributed by atoms with E-state index in [1.165, 1.54) is 5.56 Å². The molecule has 1 aliphatic rings. The van der Waals surface area contributed by atoms with Crippen LogP contribution in [-0.4, -0.2) is 6.61 Å². The smallest absolute Gasteiger partial charge is 0.142 e. The number of halogens is 2. The van der Waals surface area contributed by atoms with Crippen molar-refractivity contribution in [2.75, 3.05) is 6.61 Å². The Morgan fingerprint density at radius 3 is 2.86 bits per heavy atom. The van der Waals surface area contributed by atoms with Gasteiger partial charge in [0.1, 0.15) is 11.9 Å². The van der Waals surface area contributed by atoms with Gasteiger partial charge in [0.25, 0.3) is 0 Å². The molecule has 21 heavy (non-hydrogen) atoms. The Morgan fingerprint density at radius 2 is 2.05 bits per heavy atom. The third kappa shape index (κ3) is 2.74. The van der Waals surface area contributed by atoms with Crippen molar-refractivity contribution in [3.05, 3.63) is 69.4 Å². The van der Waals surface area contributed by atoms with Crippen LogP contribution in [0.15, 0.2) is 46.9 Å². The molecule has 1 aliphatic heterocycles. The number of rotatable bonds is 3. The first kappa shape index (κ1) is 14.7. The third-order valence-electron chi connectivity index (χ3n) is 3.83. The van der Waals surface area contributed by atoms with Crippen LogP contribution in [0.2, 0.25) is 0 Å². The number of nitrogens with one attached hydrogen (secondary N) is 1. The summed E-state index contributed by atoms with van der Waals surface area (Å²) >= 11 is 3.21. The first-order chi connectivity index (χ1) is 10.2. The standard InChI is InChI=1S/C16H16BrFN2O/c17-13-7-3-6-12(14(13)18)15(20-19)16-11-5-2-1-4-10(11)8-9-21-16/h1-7,15-16,20H,8-9,19H2. The molecule has 0 saturated carbocycles. The van der Waals surface area contributed by atoms with Gasteiger partial charge in [0.15, 0.2) is 0 Å². The number of fused-ring (bicyclic) bond motifs is 1. The SMILES string of the molecule is NNC(c1cccc(Br)c1F)C1OCCc2ccccc21. The number of benzene rings is 2. The molecule has 0 aromatic heterocycles. The van der Waals surface area contributed by atoms with Gasteiger partial charge in [0, 0.05) is 5.56 Å². The molecular formula is C16H16BrFN2O. The van der Waals surface area contributed by atoms with Gasteiger partial charge in [0.05, 0.1) is 17.1 Å². The molecule has 110 valence electrons. The van der Waals surface area contributed by atoms with Crippen LogP contribution >= 0.6 is 15.9 Å². The lowest BCUT2D eigenvalue weighted by atomic mass is 9.90. The minimum absolute atomic E-state index is 0.302. The molecule has 3 N–H and O–H groups in total. The second-order valence-electron chi connectivity index (χ2n) is 5.03. The number of hydrogen-bond acceptors (Lipinski definition) is 3. The van der Waals surface area contributed by atoms with Gasteiger partial charge < -0.3 is 4.74 Å². The quantitative estimate of drug-likeness (QED) is 0.658. The molecule has 0 bridgehead atoms. The summed E-state index contributed by atoms with van der Waals surface area (Å²) in [5.74, 6) is 5.39. The predicted octanol–water partition coefficient (Wildman–Crippen LogP) is 3.41. The molecule has 0 radical (unpaired) electrons. The van der Waals surface area contributed by atoms with Gasteiger partial charge in [-0.25, -0.2) is 9.82 Å². The van der Waals surface area contributed by atoms with Crippen LogP contribution in [0.5, 0.6) is 0 Å². The summed E-state index contributed by atoms with van der Waals surface area (Å²) in [4.78, 5) is 0. The van der Waals surface area contributed by atoms with Crippen molar-refractivity contribution in [1.29, 1.82) is 0 Å². The van der Waals surface area contributed by atoms with Crippen LogP contribution in [0, 0.1) is 5.82 Å². The number of hydrazine groups is 1. The summed E-state index contributed by atoms with van der Waals surface area (Å²) in [5.41, 5.74) is 5.49. The lowest BCUT2D eigenvalue weighted by molar-refractivity contribution is 0.0138. The zero-order valence-corrected chi connectivity index (χ0v) is 12.9. The molecule has 2 unspecified atom stereocenters. The van der Waals surface area contributed by atoms with Gasteiger partial charge in [-0.05, 0) is 39.5 Å². The van der Waals surface area contributed by atoms with Crippen LogP contribution in [0.25, 0.3) is 0 Å². The normalized spacial score (nSPS) is 19.1. The van der Waals surface area contributed by atoms with E-state index in [4.69, 9.17) is 10.6 Å². The Labute approximate surface area is 131 Å². The molecule has 2 aromatic rings. The van der Waals surface area contributed by atoms with Gasteiger partial charge in [0.2, 0.25) is 0 Å². The van der Waals surface area contributed by atoms with Gasteiger partial charge in [-0.1, -0.05) is 36.4 Å². The Kier molecular flexibility index (Phi) is 4.35. The fourth-order valence-corrected chi connectivity index (χ4v) is 3.18. The van der Waals surface area contributed by atoms with Crippen molar-refractivity contribution in [2.45, 2.75) is 18.6 Å². The molecule has 2 aromatic carbocycles. The highest BCUT2D eigenvalue weighted by Crippen LogP contribution is 2.38. The number of nitrogens with two attached hydrogens (primary N) is 1. The van der Waals surface area contributed by atoms with E-state index in [0.29, 0.717) is 16.6 Å². The van der Waals surface area contributed by atoms with Gasteiger partial charge in [-0.3, -0.25) is 5.84 Å². The van der Waals surface area contributed by atoms with E-state index in [9.17, 15) is 4.39 Å². The topological polar surface area (TPSA) is 47.3 Å². The van der Waals surface area contributed by atoms with Gasteiger partial charge in [-0.2, -0.15) is 0 Å². The van der Waals surface area contributed by atoms with Gasteiger partial charge in [-0.15, -0.1) is 0 Å². The minimum Gasteiger partial charge on any atom is -0.371 e. The third-order valence-corrected chi connectivity index (χ3v) is 4.44. The molecule has 0 amide bonds. The van der Waals surface area contributed by atoms with Crippen LogP contribution < -0.4 is 11.3 Å². The monoisotopic (exact) mass is 350 g/mol. The van der Waals surface area contributed by atoms with E-state index in [1.807, 2.05) is 18.2 Å². The molecule has 5 heteroatoms. The molecule has 3 rings (SSSR count). The molecule has 0 fully saturated rings. The maximum absolute atomic E-state index is 14.4. The summed E-state index contributed by atoms with van der Waals surface area (Å²) in [6.07, 6.45) is 0.564. The van der Waals surface area contributed by atoms with E-state index in [-0.39, 0.29) is 11.9 Å². The first-order valence-corrected chi connectivity index (χ1v) is 7.61. The Balaban J connectivity index is 2.04. The van der Waals surface area contributed by atoms with Crippen molar-refractivity contribution in [1.82, 2.24) is 5.43 Å². The van der Waals surface area contributed by atoms with Crippen molar-refractivity contribution < 1.29 is 9.13 Å². The van der Waals surface area contributed by atoms with E-state index >= 15 is 0 Å². The van der Waals surface area contributed by atoms with E-state index < -0.39 is 6.04 Å². The molecule has 0 saturated heterocycles. The molecule has 0 aliphatic carbocycles. The number of hydrogen-bond donors (Lipinski definition) is 2.